The minimum Gasteiger partial charge on any atom is -0.507 e. The molecule has 8 heteroatoms. The highest BCUT2D eigenvalue weighted by molar-refractivity contribution is 6.34. The van der Waals surface area contributed by atoms with Crippen molar-refractivity contribution in [2.75, 3.05) is 6.61 Å². The largest absolute Gasteiger partial charge is 0.507 e. The average molecular weight is 544 g/mol. The summed E-state index contributed by atoms with van der Waals surface area (Å²) in [5.41, 5.74) is 4.24. The number of nitriles is 1. The van der Waals surface area contributed by atoms with Crippen molar-refractivity contribution in [3.8, 4) is 23.1 Å². The van der Waals surface area contributed by atoms with Crippen molar-refractivity contribution in [2.45, 2.75) is 38.9 Å². The Hall–Kier alpha value is -4.09. The smallest absolute Gasteiger partial charge is 0.253 e. The number of benzene rings is 3. The summed E-state index contributed by atoms with van der Waals surface area (Å²) in [6, 6.07) is 23.2. The molecule has 0 aliphatic heterocycles. The molecule has 39 heavy (non-hydrogen) atoms. The predicted molar refractivity (Wildman–Crippen MR) is 150 cm³/mol. The van der Waals surface area contributed by atoms with E-state index in [1.54, 1.807) is 30.3 Å². The maximum absolute atomic E-state index is 13.1. The quantitative estimate of drug-likeness (QED) is 0.205. The molecule has 1 heterocycles. The number of carbonyl (C=O) groups is 1. The van der Waals surface area contributed by atoms with Crippen LogP contribution in [0.4, 0.5) is 0 Å². The molecule has 0 unspecified atom stereocenters. The van der Waals surface area contributed by atoms with Crippen LogP contribution in [-0.4, -0.2) is 28.8 Å². The first-order chi connectivity index (χ1) is 18.8. The first kappa shape index (κ1) is 27.9. The number of aliphatic hydroxyl groups excluding tert-OH is 1. The third-order valence-corrected chi connectivity index (χ3v) is 6.85. The number of hydrogen-bond acceptors (Lipinski definition) is 6. The van der Waals surface area contributed by atoms with Crippen molar-refractivity contribution in [1.29, 1.82) is 5.26 Å². The number of phenolic OH excluding ortho intramolecular Hbond substituents is 1. The second kappa shape index (κ2) is 12.6. The summed E-state index contributed by atoms with van der Waals surface area (Å²) in [5, 5.41) is 35.7. The summed E-state index contributed by atoms with van der Waals surface area (Å²) >= 11 is 6.31. The van der Waals surface area contributed by atoms with Gasteiger partial charge in [-0.3, -0.25) is 4.79 Å². The van der Waals surface area contributed by atoms with Gasteiger partial charge in [0.25, 0.3) is 5.91 Å². The minimum absolute atomic E-state index is 0.0733. The molecular weight excluding hydrogens is 514 g/mol. The summed E-state index contributed by atoms with van der Waals surface area (Å²) in [6.07, 6.45) is 0.367. The number of carbonyl (C=O) groups excluding carboxylic acids is 1. The Morgan fingerprint density at radius 3 is 2.46 bits per heavy atom. The number of rotatable bonds is 10. The normalized spacial score (nSPS) is 12.5. The zero-order valence-corrected chi connectivity index (χ0v) is 22.5. The van der Waals surface area contributed by atoms with Crippen molar-refractivity contribution in [3.63, 3.8) is 0 Å². The van der Waals surface area contributed by atoms with Crippen molar-refractivity contribution >= 4 is 17.5 Å². The Balaban J connectivity index is 1.45. The average Bonchev–Trinajstić information content (AvgIpc) is 3.40. The van der Waals surface area contributed by atoms with Gasteiger partial charge in [0.1, 0.15) is 17.3 Å². The first-order valence-corrected chi connectivity index (χ1v) is 13.0. The third kappa shape index (κ3) is 7.06. The van der Waals surface area contributed by atoms with Crippen molar-refractivity contribution < 1.29 is 19.4 Å². The van der Waals surface area contributed by atoms with Crippen LogP contribution in [0, 0.1) is 18.3 Å². The molecule has 0 bridgehead atoms. The molecule has 0 saturated heterocycles. The number of furan rings is 1. The van der Waals surface area contributed by atoms with Gasteiger partial charge in [0.15, 0.2) is 0 Å². The fourth-order valence-electron chi connectivity index (χ4n) is 4.20. The van der Waals surface area contributed by atoms with Crippen LogP contribution in [0.3, 0.4) is 0 Å². The summed E-state index contributed by atoms with van der Waals surface area (Å²) in [7, 11) is 0. The lowest BCUT2D eigenvalue weighted by molar-refractivity contribution is 0.0916. The van der Waals surface area contributed by atoms with Gasteiger partial charge >= 0.3 is 0 Å². The molecule has 0 fully saturated rings. The predicted octanol–water partition coefficient (Wildman–Crippen LogP) is 5.67. The van der Waals surface area contributed by atoms with E-state index < -0.39 is 11.9 Å². The molecule has 4 N–H and O–H groups in total. The molecule has 7 nitrogen and oxygen atoms in total. The number of aryl methyl sites for hydroxylation is 1. The second-order valence-electron chi connectivity index (χ2n) is 9.49. The molecule has 0 aliphatic carbocycles. The van der Waals surface area contributed by atoms with Gasteiger partial charge in [-0.15, -0.1) is 0 Å². The number of aliphatic hydroxyl groups is 1. The molecule has 4 rings (SSSR count). The topological polar surface area (TPSA) is 119 Å². The van der Waals surface area contributed by atoms with Crippen LogP contribution in [0.1, 0.15) is 51.3 Å². The van der Waals surface area contributed by atoms with Crippen LogP contribution in [0.5, 0.6) is 5.75 Å². The van der Waals surface area contributed by atoms with Crippen molar-refractivity contribution in [1.82, 2.24) is 10.6 Å². The van der Waals surface area contributed by atoms with E-state index in [0.29, 0.717) is 35.6 Å². The number of hydrogen-bond donors (Lipinski definition) is 4. The maximum Gasteiger partial charge on any atom is 0.253 e. The molecule has 1 amide bonds. The van der Waals surface area contributed by atoms with Gasteiger partial charge in [-0.25, -0.2) is 0 Å². The molecule has 200 valence electrons. The van der Waals surface area contributed by atoms with Gasteiger partial charge < -0.3 is 25.3 Å². The Bertz CT molecular complexity index is 1470. The molecule has 2 atom stereocenters. The van der Waals surface area contributed by atoms with Gasteiger partial charge in [-0.05, 0) is 61.7 Å². The SMILES string of the molecule is Cc1ccc([C@@H](C)NCc2ccc(-c3cc(C(=O)N[C@@H](CO)Cc4ccc(C#N)cc4)c(Cl)cc3O)o2)cc1. The maximum atomic E-state index is 13.1. The highest BCUT2D eigenvalue weighted by Gasteiger charge is 2.20. The van der Waals surface area contributed by atoms with E-state index in [9.17, 15) is 15.0 Å². The molecule has 0 radical (unpaired) electrons. The number of halogens is 1. The van der Waals surface area contributed by atoms with E-state index in [1.165, 1.54) is 23.3 Å². The molecule has 0 saturated carbocycles. The number of aromatic hydroxyl groups is 1. The Morgan fingerprint density at radius 2 is 1.79 bits per heavy atom. The third-order valence-electron chi connectivity index (χ3n) is 6.54. The number of nitrogens with one attached hydrogen (secondary N) is 2. The van der Waals surface area contributed by atoms with Crippen LogP contribution < -0.4 is 10.6 Å². The molecule has 4 aromatic rings. The summed E-state index contributed by atoms with van der Waals surface area (Å²) < 4.78 is 5.97. The van der Waals surface area contributed by atoms with Crippen molar-refractivity contribution in [2.24, 2.45) is 0 Å². The lowest BCUT2D eigenvalue weighted by atomic mass is 10.0. The van der Waals surface area contributed by atoms with Crippen LogP contribution in [0.15, 0.2) is 77.2 Å². The zero-order chi connectivity index (χ0) is 27.9. The number of amides is 1. The van der Waals surface area contributed by atoms with Crippen molar-refractivity contribution in [3.05, 3.63) is 111 Å². The Morgan fingerprint density at radius 1 is 1.08 bits per heavy atom. The standard InChI is InChI=1S/C31H30ClN3O4/c1-19-3-9-23(10-4-19)20(2)34-17-25-11-12-30(39-25)27-14-26(28(32)15-29(27)37)31(38)35-24(18-36)13-21-5-7-22(16-33)8-6-21/h3-12,14-15,20,24,34,36-37H,13,17-18H2,1-2H3,(H,35,38)/t20-,24-/m1/s1. The Kier molecular flexibility index (Phi) is 9.05. The molecular formula is C31H30ClN3O4. The Labute approximate surface area is 232 Å². The number of phenols is 1. The number of nitrogens with zero attached hydrogens (tertiary/aromatic N) is 1. The lowest BCUT2D eigenvalue weighted by Crippen LogP contribution is -2.39. The van der Waals surface area contributed by atoms with E-state index in [1.807, 2.05) is 6.07 Å². The summed E-state index contributed by atoms with van der Waals surface area (Å²) in [5.74, 6) is 0.463. The van der Waals surface area contributed by atoms with E-state index >= 15 is 0 Å². The summed E-state index contributed by atoms with van der Waals surface area (Å²) in [4.78, 5) is 13.1. The van der Waals surface area contributed by atoms with Gasteiger partial charge in [0.2, 0.25) is 0 Å². The first-order valence-electron chi connectivity index (χ1n) is 12.6. The van der Waals surface area contributed by atoms with Crippen LogP contribution in [-0.2, 0) is 13.0 Å². The highest BCUT2D eigenvalue weighted by Crippen LogP contribution is 2.35. The molecule has 1 aromatic heterocycles. The minimum atomic E-state index is -0.574. The summed E-state index contributed by atoms with van der Waals surface area (Å²) in [6.45, 7) is 4.31. The van der Waals surface area contributed by atoms with Gasteiger partial charge in [0.05, 0.1) is 47.0 Å². The fraction of sp³-hybridized carbons (Fsp3) is 0.226. The van der Waals surface area contributed by atoms with E-state index in [4.69, 9.17) is 21.3 Å². The molecule has 3 aromatic carbocycles. The zero-order valence-electron chi connectivity index (χ0n) is 21.7. The van der Waals surface area contributed by atoms with Crippen LogP contribution >= 0.6 is 11.6 Å². The fourth-order valence-corrected chi connectivity index (χ4v) is 4.45. The van der Waals surface area contributed by atoms with E-state index in [0.717, 1.165) is 5.56 Å². The van der Waals surface area contributed by atoms with Crippen LogP contribution in [0.25, 0.3) is 11.3 Å². The van der Waals surface area contributed by atoms with E-state index in [2.05, 4.69) is 54.8 Å². The molecule has 0 spiro atoms. The molecule has 0 aliphatic rings. The van der Waals surface area contributed by atoms with Crippen LogP contribution in [0.2, 0.25) is 5.02 Å². The highest BCUT2D eigenvalue weighted by atomic mass is 35.5. The van der Waals surface area contributed by atoms with E-state index in [-0.39, 0.29) is 29.0 Å². The lowest BCUT2D eigenvalue weighted by Gasteiger charge is -2.17. The van der Waals surface area contributed by atoms with Gasteiger partial charge in [-0.2, -0.15) is 5.26 Å². The van der Waals surface area contributed by atoms with Gasteiger partial charge in [-0.1, -0.05) is 53.6 Å². The van der Waals surface area contributed by atoms with Gasteiger partial charge in [0, 0.05) is 12.1 Å². The second-order valence-corrected chi connectivity index (χ2v) is 9.90. The monoisotopic (exact) mass is 543 g/mol.